The lowest BCUT2D eigenvalue weighted by Crippen LogP contribution is -2.21. The van der Waals surface area contributed by atoms with Gasteiger partial charge < -0.3 is 9.84 Å². The van der Waals surface area contributed by atoms with Crippen LogP contribution in [0.25, 0.3) is 29.0 Å². The summed E-state index contributed by atoms with van der Waals surface area (Å²) in [7, 11) is -3.63. The molecule has 0 radical (unpaired) electrons. The Kier molecular flexibility index (Phi) is 6.81. The molecule has 1 amide bonds. The van der Waals surface area contributed by atoms with Crippen LogP contribution in [0.15, 0.2) is 77.3 Å². The first-order chi connectivity index (χ1) is 18.2. The number of pyridine rings is 1. The van der Waals surface area contributed by atoms with Crippen LogP contribution in [0, 0.1) is 12.3 Å². The minimum Gasteiger partial charge on any atom is -0.332 e. The van der Waals surface area contributed by atoms with Gasteiger partial charge in [-0.15, -0.1) is 0 Å². The molecule has 0 unspecified atom stereocenters. The Morgan fingerprint density at radius 1 is 1.03 bits per heavy atom. The SMILES string of the molecule is Cc1cccc(-c2nc(-c3ccc(C=CCS(=O)(=O)Nc4cccc(NC(=O)C5(C)CC5)c4)cc3)no2)n1. The van der Waals surface area contributed by atoms with Crippen LogP contribution >= 0.6 is 0 Å². The van der Waals surface area contributed by atoms with Crippen molar-refractivity contribution in [3.05, 3.63) is 84.1 Å². The predicted molar refractivity (Wildman–Crippen MR) is 147 cm³/mol. The van der Waals surface area contributed by atoms with E-state index in [9.17, 15) is 13.2 Å². The summed E-state index contributed by atoms with van der Waals surface area (Å²) in [6.45, 7) is 3.81. The summed E-state index contributed by atoms with van der Waals surface area (Å²) in [5.41, 5.74) is 3.70. The Morgan fingerprint density at radius 2 is 1.76 bits per heavy atom. The topological polar surface area (TPSA) is 127 Å². The molecule has 2 aromatic carbocycles. The number of aryl methyl sites for hydroxylation is 1. The van der Waals surface area contributed by atoms with Crippen LogP contribution in [0.5, 0.6) is 0 Å². The maximum absolute atomic E-state index is 12.6. The minimum atomic E-state index is -3.63. The molecule has 2 aromatic heterocycles. The van der Waals surface area contributed by atoms with E-state index >= 15 is 0 Å². The van der Waals surface area contributed by atoms with Crippen molar-refractivity contribution in [2.75, 3.05) is 15.8 Å². The van der Waals surface area contributed by atoms with Crippen LogP contribution in [0.1, 0.15) is 31.0 Å². The molecule has 0 bridgehead atoms. The minimum absolute atomic E-state index is 0.0467. The molecule has 1 aliphatic carbocycles. The van der Waals surface area contributed by atoms with Crippen molar-refractivity contribution in [1.82, 2.24) is 15.1 Å². The molecule has 0 atom stereocenters. The van der Waals surface area contributed by atoms with Crippen LogP contribution in [0.2, 0.25) is 0 Å². The van der Waals surface area contributed by atoms with Crippen molar-refractivity contribution in [2.24, 2.45) is 5.41 Å². The molecule has 5 rings (SSSR count). The average molecular weight is 530 g/mol. The molecule has 0 aliphatic heterocycles. The number of nitrogens with one attached hydrogen (secondary N) is 2. The number of rotatable bonds is 9. The Labute approximate surface area is 221 Å². The highest BCUT2D eigenvalue weighted by Crippen LogP contribution is 2.45. The third kappa shape index (κ3) is 6.15. The molecule has 0 spiro atoms. The average Bonchev–Trinajstić information content (AvgIpc) is 3.44. The summed E-state index contributed by atoms with van der Waals surface area (Å²) in [4.78, 5) is 21.1. The number of anilines is 2. The fourth-order valence-corrected chi connectivity index (χ4v) is 4.66. The first kappa shape index (κ1) is 25.3. The van der Waals surface area contributed by atoms with Gasteiger partial charge in [-0.05, 0) is 55.7 Å². The lowest BCUT2D eigenvalue weighted by Gasteiger charge is -2.12. The van der Waals surface area contributed by atoms with Gasteiger partial charge in [0, 0.05) is 22.4 Å². The fraction of sp³-hybridized carbons (Fsp3) is 0.214. The number of carbonyl (C=O) groups is 1. The summed E-state index contributed by atoms with van der Waals surface area (Å²) in [5.74, 6) is 0.529. The zero-order valence-corrected chi connectivity index (χ0v) is 21.8. The number of aromatic nitrogens is 3. The van der Waals surface area contributed by atoms with Crippen molar-refractivity contribution in [1.29, 1.82) is 0 Å². The van der Waals surface area contributed by atoms with E-state index in [0.717, 1.165) is 29.7 Å². The quantitative estimate of drug-likeness (QED) is 0.301. The largest absolute Gasteiger partial charge is 0.332 e. The number of hydrogen-bond acceptors (Lipinski definition) is 7. The smallest absolute Gasteiger partial charge is 0.276 e. The van der Waals surface area contributed by atoms with Crippen molar-refractivity contribution >= 4 is 33.4 Å². The highest BCUT2D eigenvalue weighted by Gasteiger charge is 2.44. The van der Waals surface area contributed by atoms with E-state index in [4.69, 9.17) is 4.52 Å². The second kappa shape index (κ2) is 10.2. The van der Waals surface area contributed by atoms with Crippen LogP contribution in [-0.2, 0) is 14.8 Å². The van der Waals surface area contributed by atoms with Gasteiger partial charge in [-0.1, -0.05) is 60.6 Å². The molecule has 2 heterocycles. The van der Waals surface area contributed by atoms with Crippen molar-refractivity contribution < 1.29 is 17.7 Å². The molecule has 1 saturated carbocycles. The van der Waals surface area contributed by atoms with E-state index in [1.165, 1.54) is 0 Å². The van der Waals surface area contributed by atoms with Gasteiger partial charge >= 0.3 is 0 Å². The number of benzene rings is 2. The highest BCUT2D eigenvalue weighted by molar-refractivity contribution is 7.92. The molecular weight excluding hydrogens is 502 g/mol. The van der Waals surface area contributed by atoms with Gasteiger partial charge in [0.1, 0.15) is 5.69 Å². The van der Waals surface area contributed by atoms with Crippen LogP contribution in [0.3, 0.4) is 0 Å². The fourth-order valence-electron chi connectivity index (χ4n) is 3.74. The maximum atomic E-state index is 12.6. The highest BCUT2D eigenvalue weighted by atomic mass is 32.2. The standard InChI is InChI=1S/C28H27N5O4S/c1-19-6-3-10-24(29-19)26-31-25(32-37-26)21-13-11-20(12-14-21)7-5-17-38(35,36)33-23-9-4-8-22(18-23)30-27(34)28(2)15-16-28/h3-14,18,33H,15-17H2,1-2H3,(H,30,34). The molecule has 1 aliphatic rings. The zero-order valence-electron chi connectivity index (χ0n) is 21.0. The van der Waals surface area contributed by atoms with Crippen LogP contribution < -0.4 is 10.0 Å². The second-order valence-corrected chi connectivity index (χ2v) is 11.4. The number of carbonyl (C=O) groups excluding carboxylic acids is 1. The molecular formula is C28H27N5O4S. The number of hydrogen-bond donors (Lipinski definition) is 2. The van der Waals surface area contributed by atoms with E-state index in [2.05, 4.69) is 25.2 Å². The monoisotopic (exact) mass is 529 g/mol. The van der Waals surface area contributed by atoms with Crippen LogP contribution in [-0.4, -0.2) is 35.2 Å². The number of amides is 1. The summed E-state index contributed by atoms with van der Waals surface area (Å²) < 4.78 is 33.1. The summed E-state index contributed by atoms with van der Waals surface area (Å²) in [5, 5.41) is 6.90. The normalized spacial score (nSPS) is 14.4. The second-order valence-electron chi connectivity index (χ2n) is 9.59. The first-order valence-electron chi connectivity index (χ1n) is 12.2. The van der Waals surface area contributed by atoms with Gasteiger partial charge in [0.05, 0.1) is 11.4 Å². The first-order valence-corrected chi connectivity index (χ1v) is 13.8. The Balaban J connectivity index is 1.18. The van der Waals surface area contributed by atoms with Crippen molar-refractivity contribution in [3.63, 3.8) is 0 Å². The summed E-state index contributed by atoms with van der Waals surface area (Å²) in [6.07, 6.45) is 5.04. The Hall–Kier alpha value is -4.31. The van der Waals surface area contributed by atoms with Gasteiger partial charge in [-0.25, -0.2) is 13.4 Å². The van der Waals surface area contributed by atoms with Gasteiger partial charge in [-0.3, -0.25) is 9.52 Å². The van der Waals surface area contributed by atoms with E-state index in [1.54, 1.807) is 36.4 Å². The maximum Gasteiger partial charge on any atom is 0.276 e. The summed E-state index contributed by atoms with van der Waals surface area (Å²) in [6, 6.07) is 19.6. The van der Waals surface area contributed by atoms with Gasteiger partial charge in [-0.2, -0.15) is 4.98 Å². The molecule has 10 heteroatoms. The molecule has 0 saturated heterocycles. The molecule has 4 aromatic rings. The van der Waals surface area contributed by atoms with E-state index in [0.29, 0.717) is 28.8 Å². The third-order valence-electron chi connectivity index (χ3n) is 6.27. The predicted octanol–water partition coefficient (Wildman–Crippen LogP) is 5.30. The van der Waals surface area contributed by atoms with Gasteiger partial charge in [0.15, 0.2) is 0 Å². The molecule has 194 valence electrons. The van der Waals surface area contributed by atoms with E-state index in [-0.39, 0.29) is 17.1 Å². The number of sulfonamides is 1. The summed E-state index contributed by atoms with van der Waals surface area (Å²) >= 11 is 0. The van der Waals surface area contributed by atoms with Crippen molar-refractivity contribution in [3.8, 4) is 23.0 Å². The van der Waals surface area contributed by atoms with Crippen LogP contribution in [0.4, 0.5) is 11.4 Å². The number of nitrogens with zero attached hydrogens (tertiary/aromatic N) is 3. The van der Waals surface area contributed by atoms with E-state index in [1.807, 2.05) is 56.3 Å². The van der Waals surface area contributed by atoms with E-state index < -0.39 is 10.0 Å². The molecule has 1 fully saturated rings. The Bertz CT molecular complexity index is 1610. The molecule has 38 heavy (non-hydrogen) atoms. The third-order valence-corrected chi connectivity index (χ3v) is 7.45. The van der Waals surface area contributed by atoms with Gasteiger partial charge in [0.2, 0.25) is 21.8 Å². The van der Waals surface area contributed by atoms with Crippen molar-refractivity contribution in [2.45, 2.75) is 26.7 Å². The molecule has 9 nitrogen and oxygen atoms in total. The lowest BCUT2D eigenvalue weighted by atomic mass is 10.1. The zero-order chi connectivity index (χ0) is 26.8. The van der Waals surface area contributed by atoms with Gasteiger partial charge in [0.25, 0.3) is 5.89 Å². The molecule has 2 N–H and O–H groups in total. The lowest BCUT2D eigenvalue weighted by molar-refractivity contribution is -0.120. The Morgan fingerprint density at radius 3 is 2.50 bits per heavy atom.